The van der Waals surface area contributed by atoms with Crippen LogP contribution in [0.2, 0.25) is 0 Å². The van der Waals surface area contributed by atoms with Crippen LogP contribution in [0.25, 0.3) is 0 Å². The third kappa shape index (κ3) is 1.50. The molecule has 0 aromatic carbocycles. The van der Waals surface area contributed by atoms with Gasteiger partial charge >= 0.3 is 0 Å². The van der Waals surface area contributed by atoms with Crippen LogP contribution in [0.3, 0.4) is 0 Å². The van der Waals surface area contributed by atoms with Gasteiger partial charge in [0.2, 0.25) is 0 Å². The minimum atomic E-state index is 0.0187. The summed E-state index contributed by atoms with van der Waals surface area (Å²) in [4.78, 5) is 15.9. The topological polar surface area (TPSA) is 56.0 Å². The molecule has 14 heavy (non-hydrogen) atoms. The first kappa shape index (κ1) is 9.19. The number of carbonyl (C=O) groups excluding carboxylic acids is 1. The Hall–Kier alpha value is -1.38. The van der Waals surface area contributed by atoms with Crippen LogP contribution in [0.1, 0.15) is 36.3 Å². The second-order valence-electron chi connectivity index (χ2n) is 4.67. The molecule has 0 saturated carbocycles. The maximum Gasteiger partial charge on any atom is 0.165 e. The molecule has 1 aliphatic carbocycles. The Bertz CT molecular complexity index is 396. The summed E-state index contributed by atoms with van der Waals surface area (Å²) >= 11 is 0. The number of hydrogen-bond donors (Lipinski definition) is 1. The normalized spacial score (nSPS) is 19.1. The molecule has 0 unspecified atom stereocenters. The van der Waals surface area contributed by atoms with Gasteiger partial charge in [-0.3, -0.25) is 4.79 Å². The Morgan fingerprint density at radius 1 is 1.36 bits per heavy atom. The van der Waals surface area contributed by atoms with Gasteiger partial charge in [-0.2, -0.15) is 0 Å². The standard InChI is InChI=1S/C11H14N2O/c1-11(2)5-8-7(9(14)6-11)3-4-10(12)13-8/h3-4H,5-6H2,1-2H3,(H2,12,13). The fraction of sp³-hybridized carbons (Fsp3) is 0.455. The van der Waals surface area contributed by atoms with Gasteiger partial charge in [0.1, 0.15) is 5.82 Å². The first-order valence-electron chi connectivity index (χ1n) is 4.76. The van der Waals surface area contributed by atoms with E-state index >= 15 is 0 Å². The molecule has 0 atom stereocenters. The molecule has 3 heteroatoms. The largest absolute Gasteiger partial charge is 0.384 e. The maximum absolute atomic E-state index is 11.7. The highest BCUT2D eigenvalue weighted by atomic mass is 16.1. The third-order valence-electron chi connectivity index (χ3n) is 2.58. The van der Waals surface area contributed by atoms with Crippen molar-refractivity contribution < 1.29 is 4.79 Å². The fourth-order valence-electron chi connectivity index (χ4n) is 1.95. The van der Waals surface area contributed by atoms with E-state index in [2.05, 4.69) is 18.8 Å². The Balaban J connectivity index is 2.51. The molecule has 0 bridgehead atoms. The van der Waals surface area contributed by atoms with E-state index in [1.165, 1.54) is 0 Å². The van der Waals surface area contributed by atoms with Gasteiger partial charge in [-0.05, 0) is 24.0 Å². The van der Waals surface area contributed by atoms with E-state index in [1.807, 2.05) is 0 Å². The second kappa shape index (κ2) is 2.80. The smallest absolute Gasteiger partial charge is 0.165 e. The van der Waals surface area contributed by atoms with Crippen LogP contribution in [0.5, 0.6) is 0 Å². The van der Waals surface area contributed by atoms with Gasteiger partial charge in [-0.15, -0.1) is 0 Å². The lowest BCUT2D eigenvalue weighted by molar-refractivity contribution is 0.0910. The van der Waals surface area contributed by atoms with Gasteiger partial charge in [0.15, 0.2) is 5.78 Å². The molecule has 0 fully saturated rings. The fourth-order valence-corrected chi connectivity index (χ4v) is 1.95. The number of fused-ring (bicyclic) bond motifs is 1. The molecule has 1 aromatic rings. The Morgan fingerprint density at radius 2 is 2.07 bits per heavy atom. The summed E-state index contributed by atoms with van der Waals surface area (Å²) in [5.41, 5.74) is 7.21. The number of pyridine rings is 1. The molecule has 1 aliphatic rings. The summed E-state index contributed by atoms with van der Waals surface area (Å²) in [6.45, 7) is 4.16. The zero-order valence-corrected chi connectivity index (χ0v) is 8.50. The first-order valence-corrected chi connectivity index (χ1v) is 4.76. The molecule has 1 heterocycles. The van der Waals surface area contributed by atoms with Crippen LogP contribution in [0.4, 0.5) is 5.82 Å². The Kier molecular flexibility index (Phi) is 1.84. The van der Waals surface area contributed by atoms with Crippen molar-refractivity contribution in [3.63, 3.8) is 0 Å². The monoisotopic (exact) mass is 190 g/mol. The van der Waals surface area contributed by atoms with Crippen LogP contribution >= 0.6 is 0 Å². The number of carbonyl (C=O) groups is 1. The third-order valence-corrected chi connectivity index (χ3v) is 2.58. The average Bonchev–Trinajstić information content (AvgIpc) is 2.00. The van der Waals surface area contributed by atoms with Crippen LogP contribution in [-0.4, -0.2) is 10.8 Å². The van der Waals surface area contributed by atoms with Crippen molar-refractivity contribution in [3.8, 4) is 0 Å². The van der Waals surface area contributed by atoms with Crippen molar-refractivity contribution in [3.05, 3.63) is 23.4 Å². The number of Topliss-reactive ketones (excluding diaryl/α,β-unsaturated/α-hetero) is 1. The molecule has 2 rings (SSSR count). The van der Waals surface area contributed by atoms with E-state index in [0.717, 1.165) is 17.7 Å². The highest BCUT2D eigenvalue weighted by Crippen LogP contribution is 2.33. The SMILES string of the molecule is CC1(C)CC(=O)c2ccc(N)nc2C1. The molecule has 1 aromatic heterocycles. The summed E-state index contributed by atoms with van der Waals surface area (Å²) in [7, 11) is 0. The number of nitrogen functional groups attached to an aromatic ring is 1. The molecule has 0 spiro atoms. The number of nitrogens with zero attached hydrogens (tertiary/aromatic N) is 1. The molecule has 0 aliphatic heterocycles. The van der Waals surface area contributed by atoms with Crippen LogP contribution < -0.4 is 5.73 Å². The van der Waals surface area contributed by atoms with E-state index in [1.54, 1.807) is 12.1 Å². The summed E-state index contributed by atoms with van der Waals surface area (Å²) in [6, 6.07) is 3.48. The molecule has 0 radical (unpaired) electrons. The van der Waals surface area contributed by atoms with Crippen molar-refractivity contribution in [2.45, 2.75) is 26.7 Å². The molecule has 0 amide bonds. The van der Waals surface area contributed by atoms with Gasteiger partial charge in [0.25, 0.3) is 0 Å². The molecule has 0 saturated heterocycles. The maximum atomic E-state index is 11.7. The van der Waals surface area contributed by atoms with Crippen molar-refractivity contribution in [2.24, 2.45) is 5.41 Å². The van der Waals surface area contributed by atoms with Gasteiger partial charge in [-0.25, -0.2) is 4.98 Å². The zero-order chi connectivity index (χ0) is 10.3. The molecule has 2 N–H and O–H groups in total. The lowest BCUT2D eigenvalue weighted by Crippen LogP contribution is -2.28. The summed E-state index contributed by atoms with van der Waals surface area (Å²) < 4.78 is 0. The Morgan fingerprint density at radius 3 is 2.79 bits per heavy atom. The van der Waals surface area contributed by atoms with Gasteiger partial charge in [0.05, 0.1) is 5.69 Å². The quantitative estimate of drug-likeness (QED) is 0.678. The molecular weight excluding hydrogens is 176 g/mol. The lowest BCUT2D eigenvalue weighted by Gasteiger charge is -2.29. The van der Waals surface area contributed by atoms with Crippen molar-refractivity contribution >= 4 is 11.6 Å². The van der Waals surface area contributed by atoms with Crippen molar-refractivity contribution in [1.29, 1.82) is 0 Å². The summed E-state index contributed by atoms with van der Waals surface area (Å²) in [5, 5.41) is 0. The number of rotatable bonds is 0. The predicted octanol–water partition coefficient (Wildman–Crippen LogP) is 1.82. The molecule has 3 nitrogen and oxygen atoms in total. The van der Waals surface area contributed by atoms with E-state index in [-0.39, 0.29) is 11.2 Å². The number of nitrogens with two attached hydrogens (primary N) is 1. The van der Waals surface area contributed by atoms with Gasteiger partial charge in [0, 0.05) is 12.0 Å². The van der Waals surface area contributed by atoms with E-state index in [4.69, 9.17) is 5.73 Å². The predicted molar refractivity (Wildman–Crippen MR) is 55.1 cm³/mol. The van der Waals surface area contributed by atoms with Crippen molar-refractivity contribution in [1.82, 2.24) is 4.98 Å². The summed E-state index contributed by atoms with van der Waals surface area (Å²) in [6.07, 6.45) is 1.44. The number of ketones is 1. The van der Waals surface area contributed by atoms with Crippen LogP contribution in [0, 0.1) is 5.41 Å². The minimum absolute atomic E-state index is 0.0187. The lowest BCUT2D eigenvalue weighted by atomic mass is 9.76. The van der Waals surface area contributed by atoms with Gasteiger partial charge < -0.3 is 5.73 Å². The van der Waals surface area contributed by atoms with E-state index in [0.29, 0.717) is 12.2 Å². The van der Waals surface area contributed by atoms with E-state index in [9.17, 15) is 4.79 Å². The zero-order valence-electron chi connectivity index (χ0n) is 8.50. The number of hydrogen-bond acceptors (Lipinski definition) is 3. The number of aromatic nitrogens is 1. The van der Waals surface area contributed by atoms with E-state index < -0.39 is 0 Å². The highest BCUT2D eigenvalue weighted by Gasteiger charge is 2.31. The summed E-state index contributed by atoms with van der Waals surface area (Å²) in [5.74, 6) is 0.679. The minimum Gasteiger partial charge on any atom is -0.384 e. The molecule has 74 valence electrons. The Labute approximate surface area is 83.3 Å². The van der Waals surface area contributed by atoms with Crippen molar-refractivity contribution in [2.75, 3.05) is 5.73 Å². The first-order chi connectivity index (χ1) is 6.48. The van der Waals surface area contributed by atoms with Crippen LogP contribution in [0.15, 0.2) is 12.1 Å². The number of anilines is 1. The van der Waals surface area contributed by atoms with Crippen LogP contribution in [-0.2, 0) is 6.42 Å². The highest BCUT2D eigenvalue weighted by molar-refractivity contribution is 5.98. The average molecular weight is 190 g/mol. The van der Waals surface area contributed by atoms with Gasteiger partial charge in [-0.1, -0.05) is 13.8 Å². The molecular formula is C11H14N2O. The second-order valence-corrected chi connectivity index (χ2v) is 4.67.